The van der Waals surface area contributed by atoms with E-state index in [1.54, 1.807) is 6.07 Å². The minimum atomic E-state index is -1.36. The van der Waals surface area contributed by atoms with Crippen molar-refractivity contribution in [3.05, 3.63) is 58.1 Å². The third-order valence-electron chi connectivity index (χ3n) is 2.51. The van der Waals surface area contributed by atoms with Crippen LogP contribution in [0.3, 0.4) is 0 Å². The van der Waals surface area contributed by atoms with E-state index in [9.17, 15) is 13.6 Å². The summed E-state index contributed by atoms with van der Waals surface area (Å²) < 4.78 is 32.4. The number of hydrogen-bond acceptors (Lipinski definition) is 3. The zero-order valence-electron chi connectivity index (χ0n) is 10.2. The first-order valence-electron chi connectivity index (χ1n) is 5.52. The van der Waals surface area contributed by atoms with Crippen LogP contribution < -0.4 is 4.74 Å². The van der Waals surface area contributed by atoms with Crippen molar-refractivity contribution in [2.45, 2.75) is 0 Å². The molecular formula is C14H6ClF2NO3. The second-order valence-electron chi connectivity index (χ2n) is 3.93. The van der Waals surface area contributed by atoms with Gasteiger partial charge in [0.2, 0.25) is 0 Å². The van der Waals surface area contributed by atoms with Gasteiger partial charge in [0.1, 0.15) is 11.3 Å². The van der Waals surface area contributed by atoms with E-state index in [1.165, 1.54) is 12.1 Å². The molecule has 2 aromatic carbocycles. The van der Waals surface area contributed by atoms with Gasteiger partial charge in [0.05, 0.1) is 11.6 Å². The summed E-state index contributed by atoms with van der Waals surface area (Å²) in [7, 11) is 0. The highest BCUT2D eigenvalue weighted by molar-refractivity contribution is 6.31. The minimum absolute atomic E-state index is 0.139. The molecule has 0 bridgehead atoms. The van der Waals surface area contributed by atoms with Crippen LogP contribution in [0.25, 0.3) is 0 Å². The molecule has 0 aliphatic rings. The van der Waals surface area contributed by atoms with Gasteiger partial charge in [0.15, 0.2) is 17.4 Å². The topological polar surface area (TPSA) is 70.3 Å². The van der Waals surface area contributed by atoms with Crippen LogP contribution in [-0.4, -0.2) is 11.1 Å². The summed E-state index contributed by atoms with van der Waals surface area (Å²) in [5.74, 6) is -4.65. The van der Waals surface area contributed by atoms with Crippen LogP contribution in [-0.2, 0) is 0 Å². The lowest BCUT2D eigenvalue weighted by molar-refractivity contribution is 0.0694. The van der Waals surface area contributed by atoms with Crippen LogP contribution in [0, 0.1) is 23.0 Å². The van der Waals surface area contributed by atoms with Crippen LogP contribution in [0.1, 0.15) is 15.9 Å². The van der Waals surface area contributed by atoms with Crippen molar-refractivity contribution in [3.63, 3.8) is 0 Å². The Labute approximate surface area is 122 Å². The average Bonchev–Trinajstić information content (AvgIpc) is 2.43. The molecule has 21 heavy (non-hydrogen) atoms. The van der Waals surface area contributed by atoms with Crippen LogP contribution in [0.15, 0.2) is 30.3 Å². The number of carbonyl (C=O) groups is 1. The smallest absolute Gasteiger partial charge is 0.339 e. The van der Waals surface area contributed by atoms with E-state index in [0.717, 1.165) is 18.2 Å². The van der Waals surface area contributed by atoms with Crippen molar-refractivity contribution in [2.24, 2.45) is 0 Å². The van der Waals surface area contributed by atoms with Gasteiger partial charge in [-0.3, -0.25) is 0 Å². The Balaban J connectivity index is 2.49. The van der Waals surface area contributed by atoms with Gasteiger partial charge in [-0.15, -0.1) is 0 Å². The molecule has 0 aliphatic heterocycles. The number of halogens is 3. The molecule has 4 nitrogen and oxygen atoms in total. The Kier molecular flexibility index (Phi) is 4.05. The summed E-state index contributed by atoms with van der Waals surface area (Å²) in [6, 6.07) is 6.76. The van der Waals surface area contributed by atoms with Crippen molar-refractivity contribution >= 4 is 17.6 Å². The molecule has 0 saturated heterocycles. The predicted molar refractivity (Wildman–Crippen MR) is 69.6 cm³/mol. The molecule has 0 saturated carbocycles. The van der Waals surface area contributed by atoms with E-state index >= 15 is 0 Å². The molecule has 0 radical (unpaired) electrons. The van der Waals surface area contributed by atoms with Gasteiger partial charge in [0.25, 0.3) is 0 Å². The molecule has 7 heteroatoms. The van der Waals surface area contributed by atoms with Gasteiger partial charge < -0.3 is 9.84 Å². The fourth-order valence-corrected chi connectivity index (χ4v) is 1.76. The first kappa shape index (κ1) is 14.8. The molecule has 0 aliphatic carbocycles. The SMILES string of the molecule is N#Cc1cc(F)c(Oc2ccc(Cl)cc2C(=O)O)c(F)c1. The van der Waals surface area contributed by atoms with Gasteiger partial charge in [-0.2, -0.15) is 5.26 Å². The van der Waals surface area contributed by atoms with Gasteiger partial charge >= 0.3 is 5.97 Å². The number of ether oxygens (including phenoxy) is 1. The van der Waals surface area contributed by atoms with Crippen LogP contribution in [0.5, 0.6) is 11.5 Å². The van der Waals surface area contributed by atoms with Gasteiger partial charge in [-0.25, -0.2) is 13.6 Å². The highest BCUT2D eigenvalue weighted by atomic mass is 35.5. The molecule has 0 heterocycles. The Morgan fingerprint density at radius 3 is 2.38 bits per heavy atom. The van der Waals surface area contributed by atoms with E-state index < -0.39 is 23.4 Å². The number of carboxylic acid groups (broad SMARTS) is 1. The monoisotopic (exact) mass is 309 g/mol. The summed E-state index contributed by atoms with van der Waals surface area (Å²) in [6.07, 6.45) is 0. The number of nitriles is 1. The van der Waals surface area contributed by atoms with E-state index in [0.29, 0.717) is 0 Å². The third-order valence-corrected chi connectivity index (χ3v) is 2.75. The second kappa shape index (κ2) is 5.77. The zero-order chi connectivity index (χ0) is 15.6. The number of hydrogen-bond donors (Lipinski definition) is 1. The van der Waals surface area contributed by atoms with Crippen molar-refractivity contribution in [1.82, 2.24) is 0 Å². The summed E-state index contributed by atoms with van der Waals surface area (Å²) in [5.41, 5.74) is -0.558. The Hall–Kier alpha value is -2.65. The molecule has 0 fully saturated rings. The van der Waals surface area contributed by atoms with Crippen LogP contribution >= 0.6 is 11.6 Å². The molecule has 1 N–H and O–H groups in total. The lowest BCUT2D eigenvalue weighted by Crippen LogP contribution is -2.02. The fourth-order valence-electron chi connectivity index (χ4n) is 1.59. The highest BCUT2D eigenvalue weighted by Crippen LogP contribution is 2.32. The number of nitrogens with zero attached hydrogens (tertiary/aromatic N) is 1. The maximum absolute atomic E-state index is 13.7. The van der Waals surface area contributed by atoms with E-state index in [1.807, 2.05) is 0 Å². The van der Waals surface area contributed by atoms with E-state index in [-0.39, 0.29) is 21.9 Å². The molecule has 0 amide bonds. The first-order chi connectivity index (χ1) is 9.92. The van der Waals surface area contributed by atoms with E-state index in [4.69, 9.17) is 26.7 Å². The number of aromatic carboxylic acids is 1. The summed E-state index contributed by atoms with van der Waals surface area (Å²) >= 11 is 5.66. The van der Waals surface area contributed by atoms with Crippen molar-refractivity contribution in [1.29, 1.82) is 5.26 Å². The Morgan fingerprint density at radius 2 is 1.86 bits per heavy atom. The van der Waals surface area contributed by atoms with Crippen LogP contribution in [0.4, 0.5) is 8.78 Å². The normalized spacial score (nSPS) is 10.0. The molecule has 0 unspecified atom stereocenters. The summed E-state index contributed by atoms with van der Waals surface area (Å²) in [5, 5.41) is 17.8. The second-order valence-corrected chi connectivity index (χ2v) is 4.36. The number of rotatable bonds is 3. The van der Waals surface area contributed by atoms with Crippen LogP contribution in [0.2, 0.25) is 5.02 Å². The molecule has 0 aromatic heterocycles. The van der Waals surface area contributed by atoms with Crippen molar-refractivity contribution in [2.75, 3.05) is 0 Å². The van der Waals surface area contributed by atoms with E-state index in [2.05, 4.69) is 0 Å². The minimum Gasteiger partial charge on any atom is -0.478 e. The highest BCUT2D eigenvalue weighted by Gasteiger charge is 2.18. The Bertz CT molecular complexity index is 748. The maximum Gasteiger partial charge on any atom is 0.339 e. The summed E-state index contributed by atoms with van der Waals surface area (Å²) in [4.78, 5) is 11.1. The molecular weight excluding hydrogens is 304 g/mol. The van der Waals surface area contributed by atoms with Crippen molar-refractivity contribution < 1.29 is 23.4 Å². The molecule has 2 rings (SSSR count). The van der Waals surface area contributed by atoms with Crippen molar-refractivity contribution in [3.8, 4) is 17.6 Å². The molecule has 0 atom stereocenters. The third kappa shape index (κ3) is 3.09. The maximum atomic E-state index is 13.7. The van der Waals surface area contributed by atoms with Gasteiger partial charge in [-0.05, 0) is 30.3 Å². The molecule has 106 valence electrons. The summed E-state index contributed by atoms with van der Waals surface area (Å²) in [6.45, 7) is 0. The van der Waals surface area contributed by atoms with Gasteiger partial charge in [0, 0.05) is 5.02 Å². The zero-order valence-corrected chi connectivity index (χ0v) is 11.0. The first-order valence-corrected chi connectivity index (χ1v) is 5.90. The Morgan fingerprint density at radius 1 is 1.24 bits per heavy atom. The standard InChI is InChI=1S/C14H6ClF2NO3/c15-8-1-2-12(9(5-8)14(19)20)21-13-10(16)3-7(6-18)4-11(13)17/h1-5H,(H,19,20). The van der Waals surface area contributed by atoms with Gasteiger partial charge in [-0.1, -0.05) is 11.6 Å². The largest absolute Gasteiger partial charge is 0.478 e. The fraction of sp³-hybridized carbons (Fsp3) is 0. The number of carboxylic acids is 1. The average molecular weight is 310 g/mol. The lowest BCUT2D eigenvalue weighted by Gasteiger charge is -2.10. The lowest BCUT2D eigenvalue weighted by atomic mass is 10.2. The molecule has 0 spiro atoms. The predicted octanol–water partition coefficient (Wildman–Crippen LogP) is 3.98. The molecule has 2 aromatic rings. The quantitative estimate of drug-likeness (QED) is 0.931. The number of benzene rings is 2.